The van der Waals surface area contributed by atoms with Crippen LogP contribution < -0.4 is 5.32 Å². The van der Waals surface area contributed by atoms with E-state index in [1.165, 1.54) is 0 Å². The van der Waals surface area contributed by atoms with Crippen molar-refractivity contribution in [2.75, 3.05) is 0 Å². The molecule has 5 heteroatoms. The van der Waals surface area contributed by atoms with Crippen LogP contribution in [0.1, 0.15) is 65.6 Å². The number of ketones is 1. The largest absolute Gasteiger partial charge is 0.469 e. The molecular weight excluding hydrogens is 294 g/mol. The van der Waals surface area contributed by atoms with Crippen LogP contribution in [0.15, 0.2) is 22.8 Å². The van der Waals surface area contributed by atoms with Gasteiger partial charge in [-0.05, 0) is 45.7 Å². The Morgan fingerprint density at radius 3 is 2.61 bits per heavy atom. The number of alkyl carbamates (subject to hydrolysis) is 1. The van der Waals surface area contributed by atoms with E-state index in [9.17, 15) is 9.59 Å². The lowest BCUT2D eigenvalue weighted by molar-refractivity contribution is -0.121. The molecule has 0 aromatic carbocycles. The maximum atomic E-state index is 12.4. The number of Topliss-reactive ketones (excluding diaryl/α,β-unsaturated/α-hetero) is 1. The number of amides is 1. The Balaban J connectivity index is 2.47. The molecule has 0 aliphatic carbocycles. The predicted octanol–water partition coefficient (Wildman–Crippen LogP) is 4.25. The smallest absolute Gasteiger partial charge is 0.408 e. The summed E-state index contributed by atoms with van der Waals surface area (Å²) in [4.78, 5) is 24.3. The predicted molar refractivity (Wildman–Crippen MR) is 89.3 cm³/mol. The molecule has 1 N–H and O–H groups in total. The number of carbonyl (C=O) groups is 2. The number of carbonyl (C=O) groups excluding carboxylic acids is 2. The summed E-state index contributed by atoms with van der Waals surface area (Å²) in [6, 6.07) is 3.27. The van der Waals surface area contributed by atoms with Crippen molar-refractivity contribution in [3.05, 3.63) is 24.2 Å². The molecule has 0 aliphatic heterocycles. The molecule has 1 amide bonds. The third-order valence-corrected chi connectivity index (χ3v) is 3.35. The molecule has 0 spiro atoms. The van der Waals surface area contributed by atoms with Gasteiger partial charge in [0.25, 0.3) is 0 Å². The first-order chi connectivity index (χ1) is 10.8. The van der Waals surface area contributed by atoms with Crippen molar-refractivity contribution in [2.24, 2.45) is 0 Å². The zero-order valence-electron chi connectivity index (χ0n) is 14.7. The van der Waals surface area contributed by atoms with Crippen molar-refractivity contribution in [1.82, 2.24) is 5.32 Å². The topological polar surface area (TPSA) is 68.5 Å². The first-order valence-corrected chi connectivity index (χ1v) is 8.36. The Morgan fingerprint density at radius 2 is 2.04 bits per heavy atom. The molecular formula is C18H29NO4. The molecule has 0 fully saturated rings. The number of ether oxygens (including phenoxy) is 1. The average molecular weight is 323 g/mol. The lowest BCUT2D eigenvalue weighted by atomic mass is 10.0. The second-order valence-corrected chi connectivity index (χ2v) is 6.74. The van der Waals surface area contributed by atoms with Gasteiger partial charge in [-0.15, -0.1) is 0 Å². The van der Waals surface area contributed by atoms with Crippen molar-refractivity contribution in [2.45, 2.75) is 77.9 Å². The second kappa shape index (κ2) is 9.38. The molecule has 5 nitrogen and oxygen atoms in total. The molecule has 0 saturated heterocycles. The van der Waals surface area contributed by atoms with Gasteiger partial charge in [-0.1, -0.05) is 19.8 Å². The van der Waals surface area contributed by atoms with E-state index in [0.717, 1.165) is 25.0 Å². The van der Waals surface area contributed by atoms with Crippen molar-refractivity contribution in [3.63, 3.8) is 0 Å². The number of hydrogen-bond acceptors (Lipinski definition) is 4. The van der Waals surface area contributed by atoms with Crippen molar-refractivity contribution in [1.29, 1.82) is 0 Å². The third-order valence-electron chi connectivity index (χ3n) is 3.35. The van der Waals surface area contributed by atoms with Crippen LogP contribution in [0.2, 0.25) is 0 Å². The quantitative estimate of drug-likeness (QED) is 0.737. The summed E-state index contributed by atoms with van der Waals surface area (Å²) in [5, 5.41) is 2.72. The van der Waals surface area contributed by atoms with Crippen LogP contribution in [0, 0.1) is 0 Å². The Kier molecular flexibility index (Phi) is 7.86. The standard InChI is InChI=1S/C18H29NO4/c1-5-6-11-15(19-17(21)23-18(2,3)4)16(20)12-7-9-14-10-8-13-22-14/h8,10,13,15H,5-7,9,11-12H2,1-4H3,(H,19,21)/t15-/m0/s1. The number of unbranched alkanes of at least 4 members (excludes halogenated alkanes) is 1. The van der Waals surface area contributed by atoms with Crippen molar-refractivity contribution in [3.8, 4) is 0 Å². The second-order valence-electron chi connectivity index (χ2n) is 6.74. The van der Waals surface area contributed by atoms with Crippen LogP contribution in [0.5, 0.6) is 0 Å². The molecule has 1 atom stereocenters. The lowest BCUT2D eigenvalue weighted by Crippen LogP contribution is -2.43. The summed E-state index contributed by atoms with van der Waals surface area (Å²) in [5.41, 5.74) is -0.568. The highest BCUT2D eigenvalue weighted by Gasteiger charge is 2.23. The molecule has 0 radical (unpaired) electrons. The average Bonchev–Trinajstić information content (AvgIpc) is 2.94. The molecule has 1 aromatic heterocycles. The minimum Gasteiger partial charge on any atom is -0.469 e. The highest BCUT2D eigenvalue weighted by atomic mass is 16.6. The van der Waals surface area contributed by atoms with E-state index in [-0.39, 0.29) is 5.78 Å². The number of aryl methyl sites for hydroxylation is 1. The van der Waals surface area contributed by atoms with Gasteiger partial charge in [0.1, 0.15) is 11.4 Å². The van der Waals surface area contributed by atoms with E-state index in [4.69, 9.17) is 9.15 Å². The van der Waals surface area contributed by atoms with E-state index in [2.05, 4.69) is 12.2 Å². The van der Waals surface area contributed by atoms with E-state index in [1.54, 1.807) is 27.0 Å². The van der Waals surface area contributed by atoms with Crippen LogP contribution in [0.3, 0.4) is 0 Å². The Labute approximate surface area is 138 Å². The van der Waals surface area contributed by atoms with Gasteiger partial charge in [-0.25, -0.2) is 4.79 Å². The zero-order chi connectivity index (χ0) is 17.3. The summed E-state index contributed by atoms with van der Waals surface area (Å²) in [6.07, 6.45) is 5.48. The Morgan fingerprint density at radius 1 is 1.30 bits per heavy atom. The minimum absolute atomic E-state index is 0.0517. The minimum atomic E-state index is -0.568. The van der Waals surface area contributed by atoms with Gasteiger partial charge in [0, 0.05) is 12.8 Å². The first kappa shape index (κ1) is 19.3. The van der Waals surface area contributed by atoms with Gasteiger partial charge in [-0.2, -0.15) is 0 Å². The maximum absolute atomic E-state index is 12.4. The fourth-order valence-corrected chi connectivity index (χ4v) is 2.24. The van der Waals surface area contributed by atoms with Gasteiger partial charge in [0.05, 0.1) is 12.3 Å². The fourth-order valence-electron chi connectivity index (χ4n) is 2.24. The summed E-state index contributed by atoms with van der Waals surface area (Å²) in [7, 11) is 0. The van der Waals surface area contributed by atoms with E-state index < -0.39 is 17.7 Å². The zero-order valence-corrected chi connectivity index (χ0v) is 14.7. The summed E-state index contributed by atoms with van der Waals surface area (Å²) in [6.45, 7) is 7.47. The number of hydrogen-bond donors (Lipinski definition) is 1. The molecule has 1 rings (SSSR count). The van der Waals surface area contributed by atoms with Crippen LogP contribution >= 0.6 is 0 Å². The van der Waals surface area contributed by atoms with Crippen molar-refractivity contribution < 1.29 is 18.7 Å². The highest BCUT2D eigenvalue weighted by molar-refractivity contribution is 5.87. The third kappa shape index (κ3) is 8.43. The van der Waals surface area contributed by atoms with Gasteiger partial charge in [-0.3, -0.25) is 4.79 Å². The number of nitrogens with one attached hydrogen (secondary N) is 1. The van der Waals surface area contributed by atoms with Gasteiger partial charge in [0.2, 0.25) is 0 Å². The van der Waals surface area contributed by atoms with Crippen LogP contribution in [-0.4, -0.2) is 23.5 Å². The Hall–Kier alpha value is -1.78. The molecule has 0 saturated carbocycles. The molecule has 0 aliphatic rings. The maximum Gasteiger partial charge on any atom is 0.408 e. The Bertz CT molecular complexity index is 474. The van der Waals surface area contributed by atoms with Crippen molar-refractivity contribution >= 4 is 11.9 Å². The molecule has 0 unspecified atom stereocenters. The van der Waals surface area contributed by atoms with Crippen LogP contribution in [-0.2, 0) is 16.0 Å². The van der Waals surface area contributed by atoms with Gasteiger partial charge < -0.3 is 14.5 Å². The van der Waals surface area contributed by atoms with E-state index in [0.29, 0.717) is 19.3 Å². The van der Waals surface area contributed by atoms with Crippen LogP contribution in [0.4, 0.5) is 4.79 Å². The summed E-state index contributed by atoms with van der Waals surface area (Å²) >= 11 is 0. The van der Waals surface area contributed by atoms with Crippen LogP contribution in [0.25, 0.3) is 0 Å². The molecule has 0 bridgehead atoms. The number of furan rings is 1. The monoisotopic (exact) mass is 323 g/mol. The molecule has 23 heavy (non-hydrogen) atoms. The van der Waals surface area contributed by atoms with E-state index in [1.807, 2.05) is 12.1 Å². The highest BCUT2D eigenvalue weighted by Crippen LogP contribution is 2.12. The number of rotatable bonds is 9. The molecule has 130 valence electrons. The summed E-state index contributed by atoms with van der Waals surface area (Å²) in [5.74, 6) is 0.930. The SMILES string of the molecule is CCCC[C@H](NC(=O)OC(C)(C)C)C(=O)CCCc1ccco1. The fraction of sp³-hybridized carbons (Fsp3) is 0.667. The molecule has 1 heterocycles. The van der Waals surface area contributed by atoms with Gasteiger partial charge in [0.15, 0.2) is 5.78 Å². The van der Waals surface area contributed by atoms with E-state index >= 15 is 0 Å². The summed E-state index contributed by atoms with van der Waals surface area (Å²) < 4.78 is 10.5. The normalized spacial score (nSPS) is 12.7. The first-order valence-electron chi connectivity index (χ1n) is 8.36. The lowest BCUT2D eigenvalue weighted by Gasteiger charge is -2.23. The van der Waals surface area contributed by atoms with Gasteiger partial charge >= 0.3 is 6.09 Å². The molecule has 1 aromatic rings.